The molecule has 9 nitrogen and oxygen atoms in total. The maximum absolute atomic E-state index is 12.7. The zero-order valence-corrected chi connectivity index (χ0v) is 22.0. The highest BCUT2D eigenvalue weighted by Crippen LogP contribution is 2.35. The van der Waals surface area contributed by atoms with Crippen LogP contribution in [0.4, 0.5) is 11.4 Å². The Balaban J connectivity index is 1.40. The third-order valence-electron chi connectivity index (χ3n) is 5.48. The van der Waals surface area contributed by atoms with Gasteiger partial charge >= 0.3 is 0 Å². The summed E-state index contributed by atoms with van der Waals surface area (Å²) in [5, 5.41) is 3.24. The van der Waals surface area contributed by atoms with Gasteiger partial charge in [0.25, 0.3) is 0 Å². The number of rotatable bonds is 10. The lowest BCUT2D eigenvalue weighted by Crippen LogP contribution is -2.31. The molecule has 0 saturated heterocycles. The van der Waals surface area contributed by atoms with Gasteiger partial charge in [-0.1, -0.05) is 11.6 Å². The first-order chi connectivity index (χ1) is 17.7. The van der Waals surface area contributed by atoms with E-state index in [-0.39, 0.29) is 25.3 Å². The second-order valence-corrected chi connectivity index (χ2v) is 10.6. The quantitative estimate of drug-likeness (QED) is 0.377. The van der Waals surface area contributed by atoms with Crippen LogP contribution >= 0.6 is 11.6 Å². The first-order valence-corrected chi connectivity index (χ1v) is 13.7. The molecule has 0 saturated carbocycles. The van der Waals surface area contributed by atoms with Gasteiger partial charge in [0.15, 0.2) is 17.2 Å². The molecule has 11 heteroatoms. The molecule has 0 fully saturated rings. The number of methoxy groups -OCH3 is 1. The van der Waals surface area contributed by atoms with Crippen molar-refractivity contribution in [3.05, 3.63) is 65.7 Å². The van der Waals surface area contributed by atoms with Crippen molar-refractivity contribution >= 4 is 38.9 Å². The molecule has 0 unspecified atom stereocenters. The molecule has 37 heavy (non-hydrogen) atoms. The minimum atomic E-state index is -3.59. The molecule has 196 valence electrons. The molecule has 0 bridgehead atoms. The van der Waals surface area contributed by atoms with E-state index in [1.54, 1.807) is 67.8 Å². The van der Waals surface area contributed by atoms with E-state index in [9.17, 15) is 13.2 Å². The van der Waals surface area contributed by atoms with Crippen LogP contribution in [0.15, 0.2) is 60.7 Å². The average Bonchev–Trinajstić information content (AvgIpc) is 2.87. The van der Waals surface area contributed by atoms with E-state index in [0.717, 1.165) is 6.26 Å². The SMILES string of the molecule is COc1ccc(Oc2ccc(Cl)cc2NC(=O)CCCN(c2ccc3c(c2)OCCO3)S(C)(=O)=O)cc1. The zero-order valence-electron chi connectivity index (χ0n) is 20.4. The minimum absolute atomic E-state index is 0.0745. The molecule has 0 aliphatic carbocycles. The summed E-state index contributed by atoms with van der Waals surface area (Å²) in [4.78, 5) is 12.7. The lowest BCUT2D eigenvalue weighted by molar-refractivity contribution is -0.116. The molecule has 0 aromatic heterocycles. The lowest BCUT2D eigenvalue weighted by atomic mass is 10.2. The van der Waals surface area contributed by atoms with E-state index in [1.165, 1.54) is 4.31 Å². The molecule has 0 spiro atoms. The van der Waals surface area contributed by atoms with Gasteiger partial charge in [0, 0.05) is 24.1 Å². The van der Waals surface area contributed by atoms with Crippen molar-refractivity contribution in [2.45, 2.75) is 12.8 Å². The highest BCUT2D eigenvalue weighted by Gasteiger charge is 2.21. The molecule has 0 radical (unpaired) electrons. The number of amides is 1. The summed E-state index contributed by atoms with van der Waals surface area (Å²) in [5.41, 5.74) is 0.845. The Bertz CT molecular complexity index is 1360. The first kappa shape index (κ1) is 26.4. The molecule has 1 aliphatic heterocycles. The van der Waals surface area contributed by atoms with Gasteiger partial charge in [0.1, 0.15) is 24.7 Å². The Hall–Kier alpha value is -3.63. The maximum atomic E-state index is 12.7. The summed E-state index contributed by atoms with van der Waals surface area (Å²) < 4.78 is 48.4. The number of fused-ring (bicyclic) bond motifs is 1. The Kier molecular flexibility index (Phi) is 8.30. The topological polar surface area (TPSA) is 103 Å². The van der Waals surface area contributed by atoms with Gasteiger partial charge in [-0.2, -0.15) is 0 Å². The Morgan fingerprint density at radius 2 is 1.70 bits per heavy atom. The van der Waals surface area contributed by atoms with E-state index in [1.807, 2.05) is 0 Å². The Morgan fingerprint density at radius 3 is 2.41 bits per heavy atom. The smallest absolute Gasteiger partial charge is 0.232 e. The van der Waals surface area contributed by atoms with Crippen LogP contribution < -0.4 is 28.6 Å². The molecule has 3 aromatic carbocycles. The van der Waals surface area contributed by atoms with E-state index >= 15 is 0 Å². The molecule has 1 amide bonds. The second kappa shape index (κ2) is 11.6. The van der Waals surface area contributed by atoms with Crippen LogP contribution in [0, 0.1) is 0 Å². The highest BCUT2D eigenvalue weighted by molar-refractivity contribution is 7.92. The van der Waals surface area contributed by atoms with Crippen LogP contribution in [0.25, 0.3) is 0 Å². The molecule has 3 aromatic rings. The van der Waals surface area contributed by atoms with Crippen molar-refractivity contribution < 1.29 is 32.2 Å². The van der Waals surface area contributed by atoms with Gasteiger partial charge in [-0.25, -0.2) is 8.42 Å². The molecule has 1 aliphatic rings. The normalized spacial score (nSPS) is 12.5. The van der Waals surface area contributed by atoms with Crippen LogP contribution in [-0.2, 0) is 14.8 Å². The predicted molar refractivity (Wildman–Crippen MR) is 142 cm³/mol. The summed E-state index contributed by atoms with van der Waals surface area (Å²) in [7, 11) is -2.02. The fourth-order valence-electron chi connectivity index (χ4n) is 3.73. The molecule has 0 atom stereocenters. The van der Waals surface area contributed by atoms with Gasteiger partial charge in [-0.15, -0.1) is 0 Å². The molecular formula is C26H27ClN2O7S. The minimum Gasteiger partial charge on any atom is -0.497 e. The summed E-state index contributed by atoms with van der Waals surface area (Å²) in [6.07, 6.45) is 1.48. The number of hydrogen-bond acceptors (Lipinski definition) is 7. The summed E-state index contributed by atoms with van der Waals surface area (Å²) in [6, 6.07) is 16.9. The molecule has 1 N–H and O–H groups in total. The number of ether oxygens (including phenoxy) is 4. The number of halogens is 1. The number of nitrogens with one attached hydrogen (secondary N) is 1. The lowest BCUT2D eigenvalue weighted by Gasteiger charge is -2.25. The number of sulfonamides is 1. The van der Waals surface area contributed by atoms with Crippen molar-refractivity contribution in [1.82, 2.24) is 0 Å². The molecular weight excluding hydrogens is 520 g/mol. The van der Waals surface area contributed by atoms with Crippen molar-refractivity contribution in [1.29, 1.82) is 0 Å². The van der Waals surface area contributed by atoms with E-state index < -0.39 is 10.0 Å². The molecule has 4 rings (SSSR count). The largest absolute Gasteiger partial charge is 0.497 e. The maximum Gasteiger partial charge on any atom is 0.232 e. The van der Waals surface area contributed by atoms with Crippen molar-refractivity contribution in [2.75, 3.05) is 42.7 Å². The van der Waals surface area contributed by atoms with E-state index in [4.69, 9.17) is 30.5 Å². The average molecular weight is 547 g/mol. The third-order valence-corrected chi connectivity index (χ3v) is 6.91. The fraction of sp³-hybridized carbons (Fsp3) is 0.269. The summed E-state index contributed by atoms with van der Waals surface area (Å²) >= 11 is 6.14. The van der Waals surface area contributed by atoms with Gasteiger partial charge in [0.2, 0.25) is 15.9 Å². The molecule has 1 heterocycles. The number of nitrogens with zero attached hydrogens (tertiary/aromatic N) is 1. The third kappa shape index (κ3) is 6.99. The first-order valence-electron chi connectivity index (χ1n) is 11.5. The number of carbonyl (C=O) groups excluding carboxylic acids is 1. The Labute approximate surface area is 220 Å². The van der Waals surface area contributed by atoms with Crippen LogP contribution in [0.5, 0.6) is 28.7 Å². The van der Waals surface area contributed by atoms with E-state index in [0.29, 0.717) is 58.4 Å². The van der Waals surface area contributed by atoms with Crippen molar-refractivity contribution in [3.8, 4) is 28.7 Å². The highest BCUT2D eigenvalue weighted by atomic mass is 35.5. The van der Waals surface area contributed by atoms with Crippen LogP contribution in [0.2, 0.25) is 5.02 Å². The number of benzene rings is 3. The van der Waals surface area contributed by atoms with Crippen molar-refractivity contribution in [3.63, 3.8) is 0 Å². The van der Waals surface area contributed by atoms with Crippen molar-refractivity contribution in [2.24, 2.45) is 0 Å². The predicted octanol–water partition coefficient (Wildman–Crippen LogP) is 5.10. The van der Waals surface area contributed by atoms with Gasteiger partial charge in [-0.3, -0.25) is 9.10 Å². The summed E-state index contributed by atoms with van der Waals surface area (Å²) in [5.74, 6) is 2.41. The van der Waals surface area contributed by atoms with E-state index in [2.05, 4.69) is 5.32 Å². The van der Waals surface area contributed by atoms with Crippen LogP contribution in [0.3, 0.4) is 0 Å². The van der Waals surface area contributed by atoms with Crippen LogP contribution in [0.1, 0.15) is 12.8 Å². The number of carbonyl (C=O) groups is 1. The zero-order chi connectivity index (χ0) is 26.4. The second-order valence-electron chi connectivity index (χ2n) is 8.23. The van der Waals surface area contributed by atoms with Gasteiger partial charge in [0.05, 0.1) is 24.7 Å². The Morgan fingerprint density at radius 1 is 1.00 bits per heavy atom. The summed E-state index contributed by atoms with van der Waals surface area (Å²) in [6.45, 7) is 0.941. The van der Waals surface area contributed by atoms with Gasteiger partial charge in [-0.05, 0) is 61.0 Å². The number of hydrogen-bond donors (Lipinski definition) is 1. The monoisotopic (exact) mass is 546 g/mol. The van der Waals surface area contributed by atoms with Crippen LogP contribution in [-0.4, -0.2) is 47.4 Å². The fourth-order valence-corrected chi connectivity index (χ4v) is 4.86. The standard InChI is InChI=1S/C26H27ClN2O7S/c1-33-20-7-9-21(10-8-20)36-23-11-5-18(27)16-22(23)28-26(30)4-3-13-29(37(2,31)32)19-6-12-24-25(17-19)35-15-14-34-24/h5-12,16-17H,3-4,13-15H2,1-2H3,(H,28,30). The van der Waals surface area contributed by atoms with Gasteiger partial charge < -0.3 is 24.3 Å². The number of anilines is 2.